The van der Waals surface area contributed by atoms with E-state index in [1.54, 1.807) is 12.3 Å². The summed E-state index contributed by atoms with van der Waals surface area (Å²) in [7, 11) is 0. The Balaban J connectivity index is 1.94. The molecule has 1 aliphatic heterocycles. The number of rotatable bonds is 1. The first kappa shape index (κ1) is 9.75. The standard InChI is InChI=1S/C12H18O2/c1-9-3-2-4-10(7-9)12-8-11(13)5-6-14-12/h5-6,9-10,12H,2-4,7-8H2,1H3. The van der Waals surface area contributed by atoms with Crippen LogP contribution in [0.15, 0.2) is 12.3 Å². The summed E-state index contributed by atoms with van der Waals surface area (Å²) in [6, 6.07) is 0. The summed E-state index contributed by atoms with van der Waals surface area (Å²) in [6.45, 7) is 2.30. The highest BCUT2D eigenvalue weighted by Gasteiger charge is 2.29. The van der Waals surface area contributed by atoms with Crippen molar-refractivity contribution in [3.63, 3.8) is 0 Å². The third-order valence-corrected chi connectivity index (χ3v) is 3.41. The Bertz CT molecular complexity index is 245. The summed E-state index contributed by atoms with van der Waals surface area (Å²) in [4.78, 5) is 11.2. The van der Waals surface area contributed by atoms with Gasteiger partial charge in [0.2, 0.25) is 0 Å². The molecule has 14 heavy (non-hydrogen) atoms. The minimum absolute atomic E-state index is 0.162. The molecule has 1 fully saturated rings. The summed E-state index contributed by atoms with van der Waals surface area (Å²) in [5.41, 5.74) is 0. The highest BCUT2D eigenvalue weighted by atomic mass is 16.5. The molecule has 0 aromatic carbocycles. The first-order chi connectivity index (χ1) is 6.75. The molecule has 2 heteroatoms. The fourth-order valence-electron chi connectivity index (χ4n) is 2.63. The van der Waals surface area contributed by atoms with Crippen LogP contribution in [0, 0.1) is 11.8 Å². The number of ether oxygens (including phenoxy) is 1. The van der Waals surface area contributed by atoms with Crippen molar-refractivity contribution in [2.45, 2.75) is 45.1 Å². The van der Waals surface area contributed by atoms with Crippen LogP contribution in [0.1, 0.15) is 39.0 Å². The molecule has 0 N–H and O–H groups in total. The Morgan fingerprint density at radius 2 is 2.29 bits per heavy atom. The van der Waals surface area contributed by atoms with Gasteiger partial charge in [-0.1, -0.05) is 19.8 Å². The smallest absolute Gasteiger partial charge is 0.162 e. The molecule has 1 heterocycles. The summed E-state index contributed by atoms with van der Waals surface area (Å²) in [5, 5.41) is 0. The molecular weight excluding hydrogens is 176 g/mol. The van der Waals surface area contributed by atoms with Gasteiger partial charge in [-0.05, 0) is 24.7 Å². The van der Waals surface area contributed by atoms with Gasteiger partial charge in [0, 0.05) is 12.5 Å². The van der Waals surface area contributed by atoms with Gasteiger partial charge in [-0.25, -0.2) is 0 Å². The number of hydrogen-bond donors (Lipinski definition) is 0. The molecule has 1 saturated carbocycles. The normalized spacial score (nSPS) is 38.1. The molecule has 78 valence electrons. The minimum Gasteiger partial charge on any atom is -0.497 e. The van der Waals surface area contributed by atoms with Gasteiger partial charge in [-0.2, -0.15) is 0 Å². The van der Waals surface area contributed by atoms with E-state index in [-0.39, 0.29) is 11.9 Å². The maximum absolute atomic E-state index is 11.2. The lowest BCUT2D eigenvalue weighted by Crippen LogP contribution is -2.30. The summed E-state index contributed by atoms with van der Waals surface area (Å²) >= 11 is 0. The molecule has 3 atom stereocenters. The number of allylic oxidation sites excluding steroid dienone is 1. The molecule has 0 spiro atoms. The van der Waals surface area contributed by atoms with Crippen molar-refractivity contribution < 1.29 is 9.53 Å². The lowest BCUT2D eigenvalue weighted by atomic mass is 9.78. The van der Waals surface area contributed by atoms with Crippen LogP contribution >= 0.6 is 0 Å². The highest BCUT2D eigenvalue weighted by Crippen LogP contribution is 2.34. The molecule has 0 bridgehead atoms. The van der Waals surface area contributed by atoms with Crippen LogP contribution < -0.4 is 0 Å². The van der Waals surface area contributed by atoms with E-state index in [0.29, 0.717) is 12.3 Å². The zero-order valence-corrected chi connectivity index (χ0v) is 8.74. The van der Waals surface area contributed by atoms with E-state index in [0.717, 1.165) is 5.92 Å². The van der Waals surface area contributed by atoms with Crippen molar-refractivity contribution in [3.05, 3.63) is 12.3 Å². The van der Waals surface area contributed by atoms with Gasteiger partial charge < -0.3 is 4.74 Å². The van der Waals surface area contributed by atoms with Crippen LogP contribution in [-0.4, -0.2) is 11.9 Å². The Hall–Kier alpha value is -0.790. The Morgan fingerprint density at radius 1 is 1.43 bits per heavy atom. The molecule has 1 aliphatic carbocycles. The Kier molecular flexibility index (Phi) is 2.90. The first-order valence-electron chi connectivity index (χ1n) is 5.60. The van der Waals surface area contributed by atoms with Crippen molar-refractivity contribution >= 4 is 5.78 Å². The minimum atomic E-state index is 0.162. The summed E-state index contributed by atoms with van der Waals surface area (Å²) < 4.78 is 5.53. The topological polar surface area (TPSA) is 26.3 Å². The quantitative estimate of drug-likeness (QED) is 0.641. The predicted octanol–water partition coefficient (Wildman–Crippen LogP) is 2.68. The van der Waals surface area contributed by atoms with E-state index in [9.17, 15) is 4.79 Å². The average molecular weight is 194 g/mol. The molecule has 0 aromatic rings. The third-order valence-electron chi connectivity index (χ3n) is 3.41. The van der Waals surface area contributed by atoms with Crippen LogP contribution in [0.5, 0.6) is 0 Å². The molecule has 2 nitrogen and oxygen atoms in total. The molecule has 2 aliphatic rings. The molecular formula is C12H18O2. The molecule has 0 saturated heterocycles. The largest absolute Gasteiger partial charge is 0.497 e. The lowest BCUT2D eigenvalue weighted by molar-refractivity contribution is -0.119. The molecule has 0 amide bonds. The number of hydrogen-bond acceptors (Lipinski definition) is 2. The number of carbonyl (C=O) groups excluding carboxylic acids is 1. The second-order valence-electron chi connectivity index (χ2n) is 4.68. The first-order valence-corrected chi connectivity index (χ1v) is 5.60. The van der Waals surface area contributed by atoms with Gasteiger partial charge in [-0.15, -0.1) is 0 Å². The fourth-order valence-corrected chi connectivity index (χ4v) is 2.63. The SMILES string of the molecule is CC1CCCC(C2CC(=O)C=CO2)C1. The maximum Gasteiger partial charge on any atom is 0.162 e. The van der Waals surface area contributed by atoms with Crippen molar-refractivity contribution in [1.29, 1.82) is 0 Å². The summed E-state index contributed by atoms with van der Waals surface area (Å²) in [6.07, 6.45) is 8.97. The van der Waals surface area contributed by atoms with E-state index < -0.39 is 0 Å². The molecule has 0 radical (unpaired) electrons. The fraction of sp³-hybridized carbons (Fsp3) is 0.750. The van der Waals surface area contributed by atoms with E-state index in [1.165, 1.54) is 25.7 Å². The van der Waals surface area contributed by atoms with Crippen LogP contribution in [0.2, 0.25) is 0 Å². The highest BCUT2D eigenvalue weighted by molar-refractivity contribution is 5.90. The van der Waals surface area contributed by atoms with Gasteiger partial charge >= 0.3 is 0 Å². The van der Waals surface area contributed by atoms with E-state index in [4.69, 9.17) is 4.74 Å². The summed E-state index contributed by atoms with van der Waals surface area (Å²) in [5.74, 6) is 1.63. The zero-order chi connectivity index (χ0) is 9.97. The van der Waals surface area contributed by atoms with Gasteiger partial charge in [0.25, 0.3) is 0 Å². The Labute approximate surface area is 85.3 Å². The monoisotopic (exact) mass is 194 g/mol. The van der Waals surface area contributed by atoms with Crippen molar-refractivity contribution in [2.24, 2.45) is 11.8 Å². The third kappa shape index (κ3) is 2.17. The van der Waals surface area contributed by atoms with Crippen molar-refractivity contribution in [1.82, 2.24) is 0 Å². The number of carbonyl (C=O) groups is 1. The molecule has 2 rings (SSSR count). The van der Waals surface area contributed by atoms with Gasteiger partial charge in [0.15, 0.2) is 5.78 Å². The van der Waals surface area contributed by atoms with Crippen LogP contribution in [-0.2, 0) is 9.53 Å². The van der Waals surface area contributed by atoms with Crippen LogP contribution in [0.25, 0.3) is 0 Å². The second kappa shape index (κ2) is 4.16. The molecule has 0 aromatic heterocycles. The average Bonchev–Trinajstić information content (AvgIpc) is 2.18. The van der Waals surface area contributed by atoms with Gasteiger partial charge in [0.05, 0.1) is 6.26 Å². The molecule has 3 unspecified atom stereocenters. The van der Waals surface area contributed by atoms with Crippen LogP contribution in [0.3, 0.4) is 0 Å². The van der Waals surface area contributed by atoms with Crippen LogP contribution in [0.4, 0.5) is 0 Å². The van der Waals surface area contributed by atoms with Crippen molar-refractivity contribution in [3.8, 4) is 0 Å². The predicted molar refractivity (Wildman–Crippen MR) is 54.8 cm³/mol. The van der Waals surface area contributed by atoms with E-state index in [2.05, 4.69) is 6.92 Å². The zero-order valence-electron chi connectivity index (χ0n) is 8.74. The number of ketones is 1. The van der Waals surface area contributed by atoms with E-state index in [1.807, 2.05) is 0 Å². The van der Waals surface area contributed by atoms with Gasteiger partial charge in [-0.3, -0.25) is 4.79 Å². The van der Waals surface area contributed by atoms with Crippen molar-refractivity contribution in [2.75, 3.05) is 0 Å². The Morgan fingerprint density at radius 3 is 3.00 bits per heavy atom. The lowest BCUT2D eigenvalue weighted by Gasteiger charge is -2.33. The van der Waals surface area contributed by atoms with E-state index >= 15 is 0 Å². The maximum atomic E-state index is 11.2. The van der Waals surface area contributed by atoms with Gasteiger partial charge in [0.1, 0.15) is 6.10 Å². The second-order valence-corrected chi connectivity index (χ2v) is 4.68.